The molecule has 1 unspecified atom stereocenters. The fourth-order valence-corrected chi connectivity index (χ4v) is 3.22. The molecule has 1 aliphatic rings. The molecule has 0 N–H and O–H groups in total. The van der Waals surface area contributed by atoms with Crippen LogP contribution in [0.3, 0.4) is 0 Å². The Labute approximate surface area is 98.0 Å². The van der Waals surface area contributed by atoms with Crippen molar-refractivity contribution in [1.29, 1.82) is 0 Å². The first-order valence-electron chi connectivity index (χ1n) is 5.37. The van der Waals surface area contributed by atoms with Gasteiger partial charge in [0.05, 0.1) is 4.88 Å². The molecule has 2 aromatic rings. The van der Waals surface area contributed by atoms with Crippen molar-refractivity contribution >= 4 is 17.6 Å². The Morgan fingerprint density at radius 2 is 2.25 bits per heavy atom. The minimum atomic E-state index is 0.398. The maximum atomic E-state index is 10.7. The Kier molecular flexibility index (Phi) is 2.33. The van der Waals surface area contributed by atoms with Crippen LogP contribution in [0.1, 0.15) is 38.1 Å². The van der Waals surface area contributed by atoms with Gasteiger partial charge in [-0.15, -0.1) is 11.3 Å². The van der Waals surface area contributed by atoms with E-state index in [0.29, 0.717) is 5.92 Å². The smallest absolute Gasteiger partial charge is 0.161 e. The van der Waals surface area contributed by atoms with Crippen LogP contribution in [0.25, 0.3) is 0 Å². The number of benzene rings is 1. The first-order chi connectivity index (χ1) is 7.88. The van der Waals surface area contributed by atoms with Crippen LogP contribution in [-0.4, -0.2) is 11.3 Å². The van der Waals surface area contributed by atoms with Gasteiger partial charge in [-0.1, -0.05) is 24.3 Å². The molecule has 1 aromatic heterocycles. The molecule has 0 amide bonds. The summed E-state index contributed by atoms with van der Waals surface area (Å²) in [5.41, 5.74) is 2.81. The molecule has 0 radical (unpaired) electrons. The fraction of sp³-hybridized carbons (Fsp3) is 0.231. The summed E-state index contributed by atoms with van der Waals surface area (Å²) in [6.07, 6.45) is 4.79. The molecule has 0 saturated heterocycles. The molecule has 3 heteroatoms. The third-order valence-corrected chi connectivity index (χ3v) is 4.12. The van der Waals surface area contributed by atoms with E-state index in [1.54, 1.807) is 6.20 Å². The highest BCUT2D eigenvalue weighted by atomic mass is 32.1. The van der Waals surface area contributed by atoms with Gasteiger partial charge in [0, 0.05) is 12.1 Å². The van der Waals surface area contributed by atoms with Gasteiger partial charge in [0.15, 0.2) is 6.29 Å². The van der Waals surface area contributed by atoms with E-state index in [1.165, 1.54) is 22.5 Å². The highest BCUT2D eigenvalue weighted by Gasteiger charge is 2.25. The van der Waals surface area contributed by atoms with Crippen molar-refractivity contribution < 1.29 is 4.79 Å². The zero-order valence-electron chi connectivity index (χ0n) is 8.72. The van der Waals surface area contributed by atoms with E-state index in [4.69, 9.17) is 0 Å². The fourth-order valence-electron chi connectivity index (χ4n) is 2.33. The highest BCUT2D eigenvalue weighted by molar-refractivity contribution is 7.13. The number of aldehydes is 1. The second kappa shape index (κ2) is 3.83. The number of carbonyl (C=O) groups excluding carboxylic acids is 1. The lowest BCUT2D eigenvalue weighted by molar-refractivity contribution is 0.112. The molecule has 0 spiro atoms. The van der Waals surface area contributed by atoms with Gasteiger partial charge in [-0.2, -0.15) is 0 Å². The van der Waals surface area contributed by atoms with Gasteiger partial charge < -0.3 is 0 Å². The van der Waals surface area contributed by atoms with Crippen molar-refractivity contribution in [2.75, 3.05) is 0 Å². The number of carbonyl (C=O) groups is 1. The number of hydrogen-bond donors (Lipinski definition) is 0. The van der Waals surface area contributed by atoms with Crippen LogP contribution in [0.15, 0.2) is 30.5 Å². The first-order valence-corrected chi connectivity index (χ1v) is 6.19. The average Bonchev–Trinajstić information content (AvgIpc) is 2.94. The third kappa shape index (κ3) is 1.48. The minimum absolute atomic E-state index is 0.398. The summed E-state index contributed by atoms with van der Waals surface area (Å²) in [6.45, 7) is 0. The van der Waals surface area contributed by atoms with Crippen LogP contribution in [0, 0.1) is 0 Å². The molecule has 1 aliphatic carbocycles. The lowest BCUT2D eigenvalue weighted by Gasteiger charge is -2.06. The number of nitrogens with zero attached hydrogens (tertiary/aromatic N) is 1. The van der Waals surface area contributed by atoms with Gasteiger partial charge in [-0.3, -0.25) is 4.79 Å². The molecule has 1 heterocycles. The molecule has 0 aliphatic heterocycles. The lowest BCUT2D eigenvalue weighted by atomic mass is 10.0. The number of aromatic nitrogens is 1. The van der Waals surface area contributed by atoms with Gasteiger partial charge in [-0.25, -0.2) is 4.98 Å². The van der Waals surface area contributed by atoms with Gasteiger partial charge in [0.2, 0.25) is 0 Å². The molecular formula is C13H11NOS. The molecule has 16 heavy (non-hydrogen) atoms. The predicted molar refractivity (Wildman–Crippen MR) is 64.1 cm³/mol. The van der Waals surface area contributed by atoms with Gasteiger partial charge in [0.1, 0.15) is 5.01 Å². The Morgan fingerprint density at radius 3 is 3.06 bits per heavy atom. The average molecular weight is 229 g/mol. The molecule has 0 bridgehead atoms. The maximum Gasteiger partial charge on any atom is 0.161 e. The summed E-state index contributed by atoms with van der Waals surface area (Å²) < 4.78 is 0. The largest absolute Gasteiger partial charge is 0.297 e. The van der Waals surface area contributed by atoms with Crippen molar-refractivity contribution in [3.05, 3.63) is 51.5 Å². The zero-order valence-corrected chi connectivity index (χ0v) is 9.54. The van der Waals surface area contributed by atoms with Gasteiger partial charge in [-0.05, 0) is 24.0 Å². The topological polar surface area (TPSA) is 30.0 Å². The van der Waals surface area contributed by atoms with E-state index in [2.05, 4.69) is 29.2 Å². The van der Waals surface area contributed by atoms with Crippen molar-refractivity contribution in [3.63, 3.8) is 0 Å². The zero-order chi connectivity index (χ0) is 11.0. The van der Waals surface area contributed by atoms with Crippen LogP contribution in [0.2, 0.25) is 0 Å². The second-order valence-corrected chi connectivity index (χ2v) is 5.10. The second-order valence-electron chi connectivity index (χ2n) is 4.01. The summed E-state index contributed by atoms with van der Waals surface area (Å²) in [7, 11) is 0. The summed E-state index contributed by atoms with van der Waals surface area (Å²) in [5.74, 6) is 0.398. The SMILES string of the molecule is O=Cc1cnc(C2CCc3ccccc32)s1. The minimum Gasteiger partial charge on any atom is -0.297 e. The first kappa shape index (κ1) is 9.73. The Morgan fingerprint density at radius 1 is 1.38 bits per heavy atom. The maximum absolute atomic E-state index is 10.7. The quantitative estimate of drug-likeness (QED) is 0.741. The molecular weight excluding hydrogens is 218 g/mol. The molecule has 1 atom stereocenters. The summed E-state index contributed by atoms with van der Waals surface area (Å²) in [6, 6.07) is 8.52. The lowest BCUT2D eigenvalue weighted by Crippen LogP contribution is -1.94. The van der Waals surface area contributed by atoms with Gasteiger partial charge in [0.25, 0.3) is 0 Å². The molecule has 2 nitrogen and oxygen atoms in total. The highest BCUT2D eigenvalue weighted by Crippen LogP contribution is 2.39. The summed E-state index contributed by atoms with van der Waals surface area (Å²) in [5, 5.41) is 1.08. The van der Waals surface area contributed by atoms with Crippen molar-refractivity contribution in [1.82, 2.24) is 4.98 Å². The Bertz CT molecular complexity index is 532. The predicted octanol–water partition coefficient (Wildman–Crippen LogP) is 3.03. The number of thiazole rings is 1. The van der Waals surface area contributed by atoms with E-state index < -0.39 is 0 Å². The molecule has 1 aromatic carbocycles. The van der Waals surface area contributed by atoms with Crippen molar-refractivity contribution in [2.24, 2.45) is 0 Å². The summed E-state index contributed by atoms with van der Waals surface area (Å²) >= 11 is 1.51. The molecule has 0 fully saturated rings. The monoisotopic (exact) mass is 229 g/mol. The Balaban J connectivity index is 2.01. The number of rotatable bonds is 2. The van der Waals surface area contributed by atoms with E-state index in [9.17, 15) is 4.79 Å². The number of aryl methyl sites for hydroxylation is 1. The standard InChI is InChI=1S/C13H11NOS/c15-8-10-7-14-13(16-10)12-6-5-9-3-1-2-4-11(9)12/h1-4,7-8,12H,5-6H2. The number of fused-ring (bicyclic) bond motifs is 1. The van der Waals surface area contributed by atoms with Crippen LogP contribution >= 0.6 is 11.3 Å². The van der Waals surface area contributed by atoms with Gasteiger partial charge >= 0.3 is 0 Å². The molecule has 0 saturated carbocycles. The normalized spacial score (nSPS) is 18.4. The van der Waals surface area contributed by atoms with Crippen LogP contribution in [0.4, 0.5) is 0 Å². The van der Waals surface area contributed by atoms with Crippen LogP contribution in [-0.2, 0) is 6.42 Å². The van der Waals surface area contributed by atoms with E-state index in [0.717, 1.165) is 29.0 Å². The van der Waals surface area contributed by atoms with Crippen molar-refractivity contribution in [3.8, 4) is 0 Å². The van der Waals surface area contributed by atoms with E-state index in [1.807, 2.05) is 0 Å². The third-order valence-electron chi connectivity index (χ3n) is 3.09. The van der Waals surface area contributed by atoms with Crippen LogP contribution in [0.5, 0.6) is 0 Å². The van der Waals surface area contributed by atoms with Crippen LogP contribution < -0.4 is 0 Å². The molecule has 80 valence electrons. The summed E-state index contributed by atoms with van der Waals surface area (Å²) in [4.78, 5) is 15.7. The Hall–Kier alpha value is -1.48. The van der Waals surface area contributed by atoms with E-state index >= 15 is 0 Å². The number of hydrogen-bond acceptors (Lipinski definition) is 3. The van der Waals surface area contributed by atoms with E-state index in [-0.39, 0.29) is 0 Å². The van der Waals surface area contributed by atoms with Crippen molar-refractivity contribution in [2.45, 2.75) is 18.8 Å². The molecule has 3 rings (SSSR count).